The van der Waals surface area contributed by atoms with Crippen LogP contribution in [0.25, 0.3) is 0 Å². The molecule has 1 aromatic heterocycles. The highest BCUT2D eigenvalue weighted by molar-refractivity contribution is 7.16. The monoisotopic (exact) mass is 382 g/mol. The summed E-state index contributed by atoms with van der Waals surface area (Å²) in [6, 6.07) is 9.49. The zero-order chi connectivity index (χ0) is 19.2. The Morgan fingerprint density at radius 3 is 2.67 bits per heavy atom. The van der Waals surface area contributed by atoms with Crippen LogP contribution in [0.5, 0.6) is 5.75 Å². The Hall–Kier alpha value is -2.32. The van der Waals surface area contributed by atoms with E-state index < -0.39 is 0 Å². The Bertz CT molecular complexity index is 831. The molecule has 0 radical (unpaired) electrons. The summed E-state index contributed by atoms with van der Waals surface area (Å²) in [5.74, 6) is 1.19. The molecule has 142 valence electrons. The summed E-state index contributed by atoms with van der Waals surface area (Å²) in [4.78, 5) is 13.9. The molecule has 1 aromatic carbocycles. The first kappa shape index (κ1) is 19.4. The van der Waals surface area contributed by atoms with Crippen LogP contribution in [0.4, 0.5) is 5.00 Å². The third kappa shape index (κ3) is 4.90. The van der Waals surface area contributed by atoms with Crippen molar-refractivity contribution in [3.8, 4) is 11.8 Å². The number of fused-ring (bicyclic) bond motifs is 1. The molecule has 5 heteroatoms. The van der Waals surface area contributed by atoms with E-state index in [9.17, 15) is 10.1 Å². The van der Waals surface area contributed by atoms with Crippen molar-refractivity contribution < 1.29 is 9.53 Å². The molecule has 0 aliphatic heterocycles. The van der Waals surface area contributed by atoms with E-state index in [1.54, 1.807) is 23.5 Å². The minimum Gasteiger partial charge on any atom is -0.494 e. The fourth-order valence-electron chi connectivity index (χ4n) is 3.24. The van der Waals surface area contributed by atoms with Crippen molar-refractivity contribution in [2.75, 3.05) is 11.9 Å². The summed E-state index contributed by atoms with van der Waals surface area (Å²) in [6.45, 7) is 5.00. The average Bonchev–Trinajstić information content (AvgIpc) is 2.81. The standard InChI is InChI=1S/C22H26N2O2S/c1-15(2)12-13-26-17-10-8-16(9-11-17)21(25)24-22-19(14-23)18-6-4-3-5-7-20(18)27-22/h8-11,15H,3-7,12-13H2,1-2H3,(H,24,25). The van der Waals surface area contributed by atoms with Gasteiger partial charge in [-0.1, -0.05) is 20.3 Å². The lowest BCUT2D eigenvalue weighted by atomic mass is 10.1. The van der Waals surface area contributed by atoms with Crippen LogP contribution in [0, 0.1) is 17.2 Å². The van der Waals surface area contributed by atoms with E-state index in [1.165, 1.54) is 11.3 Å². The maximum absolute atomic E-state index is 12.6. The summed E-state index contributed by atoms with van der Waals surface area (Å²) in [5, 5.41) is 13.2. The van der Waals surface area contributed by atoms with E-state index in [4.69, 9.17) is 4.74 Å². The van der Waals surface area contributed by atoms with Gasteiger partial charge in [0.15, 0.2) is 0 Å². The lowest BCUT2D eigenvalue weighted by molar-refractivity contribution is 0.102. The summed E-state index contributed by atoms with van der Waals surface area (Å²) in [5.41, 5.74) is 2.36. The zero-order valence-electron chi connectivity index (χ0n) is 16.0. The number of benzene rings is 1. The van der Waals surface area contributed by atoms with Gasteiger partial charge in [-0.2, -0.15) is 5.26 Å². The first-order chi connectivity index (χ1) is 13.1. The number of ether oxygens (including phenoxy) is 1. The van der Waals surface area contributed by atoms with E-state index in [-0.39, 0.29) is 5.91 Å². The zero-order valence-corrected chi connectivity index (χ0v) is 16.8. The van der Waals surface area contributed by atoms with Gasteiger partial charge < -0.3 is 10.1 Å². The van der Waals surface area contributed by atoms with Crippen molar-refractivity contribution in [2.45, 2.75) is 52.4 Å². The topological polar surface area (TPSA) is 62.1 Å². The number of nitrogens with one attached hydrogen (secondary N) is 1. The average molecular weight is 383 g/mol. The van der Waals surface area contributed by atoms with E-state index in [2.05, 4.69) is 25.2 Å². The van der Waals surface area contributed by atoms with Crippen molar-refractivity contribution in [3.05, 3.63) is 45.8 Å². The van der Waals surface area contributed by atoms with Crippen LogP contribution in [0.1, 0.15) is 65.9 Å². The molecule has 4 nitrogen and oxygen atoms in total. The van der Waals surface area contributed by atoms with Gasteiger partial charge in [0.25, 0.3) is 5.91 Å². The number of carbonyl (C=O) groups is 1. The van der Waals surface area contributed by atoms with Crippen LogP contribution < -0.4 is 10.1 Å². The van der Waals surface area contributed by atoms with Gasteiger partial charge in [-0.3, -0.25) is 4.79 Å². The highest BCUT2D eigenvalue weighted by Crippen LogP contribution is 2.37. The van der Waals surface area contributed by atoms with Gasteiger partial charge in [0.05, 0.1) is 12.2 Å². The second kappa shape index (κ2) is 9.05. The van der Waals surface area contributed by atoms with Crippen LogP contribution >= 0.6 is 11.3 Å². The lowest BCUT2D eigenvalue weighted by Crippen LogP contribution is -2.12. The van der Waals surface area contributed by atoms with Crippen molar-refractivity contribution in [1.82, 2.24) is 0 Å². The van der Waals surface area contributed by atoms with Crippen LogP contribution in [0.2, 0.25) is 0 Å². The van der Waals surface area contributed by atoms with Gasteiger partial charge in [0.1, 0.15) is 16.8 Å². The SMILES string of the molecule is CC(C)CCOc1ccc(C(=O)Nc2sc3c(c2C#N)CCCCC3)cc1. The number of anilines is 1. The fourth-order valence-corrected chi connectivity index (χ4v) is 4.47. The second-order valence-corrected chi connectivity index (χ2v) is 8.50. The quantitative estimate of drug-likeness (QED) is 0.665. The van der Waals surface area contributed by atoms with Crippen molar-refractivity contribution in [1.29, 1.82) is 5.26 Å². The highest BCUT2D eigenvalue weighted by Gasteiger charge is 2.21. The van der Waals surface area contributed by atoms with Gasteiger partial charge in [-0.05, 0) is 67.9 Å². The van der Waals surface area contributed by atoms with Gasteiger partial charge in [-0.15, -0.1) is 11.3 Å². The van der Waals surface area contributed by atoms with Crippen molar-refractivity contribution in [2.24, 2.45) is 5.92 Å². The van der Waals surface area contributed by atoms with E-state index in [0.717, 1.165) is 43.4 Å². The normalized spacial score (nSPS) is 13.6. The Kier molecular flexibility index (Phi) is 6.52. The van der Waals surface area contributed by atoms with Crippen molar-refractivity contribution >= 4 is 22.2 Å². The minimum absolute atomic E-state index is 0.184. The molecule has 2 aromatic rings. The van der Waals surface area contributed by atoms with Crippen LogP contribution in [-0.4, -0.2) is 12.5 Å². The smallest absolute Gasteiger partial charge is 0.256 e. The molecule has 1 amide bonds. The molecule has 1 heterocycles. The number of nitrogens with zero attached hydrogens (tertiary/aromatic N) is 1. The molecule has 1 aliphatic carbocycles. The number of nitriles is 1. The number of carbonyl (C=O) groups excluding carboxylic acids is 1. The molecule has 0 atom stereocenters. The molecule has 1 aliphatic rings. The fraction of sp³-hybridized carbons (Fsp3) is 0.455. The van der Waals surface area contributed by atoms with Gasteiger partial charge in [-0.25, -0.2) is 0 Å². The molecule has 0 bridgehead atoms. The molecule has 3 rings (SSSR count). The first-order valence-corrected chi connectivity index (χ1v) is 10.5. The molecular formula is C22H26N2O2S. The lowest BCUT2D eigenvalue weighted by Gasteiger charge is -2.09. The van der Waals surface area contributed by atoms with Crippen LogP contribution in [0.15, 0.2) is 24.3 Å². The Balaban J connectivity index is 1.68. The molecule has 0 spiro atoms. The highest BCUT2D eigenvalue weighted by atomic mass is 32.1. The number of hydrogen-bond donors (Lipinski definition) is 1. The molecule has 0 saturated heterocycles. The molecule has 0 unspecified atom stereocenters. The molecule has 0 fully saturated rings. The molecule has 1 N–H and O–H groups in total. The number of hydrogen-bond acceptors (Lipinski definition) is 4. The summed E-state index contributed by atoms with van der Waals surface area (Å²) in [6.07, 6.45) is 6.43. The number of aryl methyl sites for hydroxylation is 1. The summed E-state index contributed by atoms with van der Waals surface area (Å²) >= 11 is 1.56. The first-order valence-electron chi connectivity index (χ1n) is 9.67. The predicted octanol–water partition coefficient (Wildman–Crippen LogP) is 5.57. The van der Waals surface area contributed by atoms with E-state index >= 15 is 0 Å². The summed E-state index contributed by atoms with van der Waals surface area (Å²) < 4.78 is 5.70. The van der Waals surface area contributed by atoms with E-state index in [1.807, 2.05) is 12.1 Å². The van der Waals surface area contributed by atoms with Gasteiger partial charge >= 0.3 is 0 Å². The minimum atomic E-state index is -0.184. The van der Waals surface area contributed by atoms with Crippen LogP contribution in [-0.2, 0) is 12.8 Å². The predicted molar refractivity (Wildman–Crippen MR) is 110 cm³/mol. The Morgan fingerprint density at radius 2 is 1.96 bits per heavy atom. The second-order valence-electron chi connectivity index (χ2n) is 7.39. The van der Waals surface area contributed by atoms with E-state index in [0.29, 0.717) is 28.7 Å². The maximum atomic E-state index is 12.6. The number of amides is 1. The summed E-state index contributed by atoms with van der Waals surface area (Å²) in [7, 11) is 0. The molecule has 27 heavy (non-hydrogen) atoms. The number of thiophene rings is 1. The largest absolute Gasteiger partial charge is 0.494 e. The van der Waals surface area contributed by atoms with Gasteiger partial charge in [0, 0.05) is 10.4 Å². The maximum Gasteiger partial charge on any atom is 0.256 e. The molecule has 0 saturated carbocycles. The third-order valence-corrected chi connectivity index (χ3v) is 6.05. The Morgan fingerprint density at radius 1 is 1.22 bits per heavy atom. The van der Waals surface area contributed by atoms with Gasteiger partial charge in [0.2, 0.25) is 0 Å². The van der Waals surface area contributed by atoms with Crippen LogP contribution in [0.3, 0.4) is 0 Å². The third-order valence-electron chi connectivity index (χ3n) is 4.84. The van der Waals surface area contributed by atoms with Crippen molar-refractivity contribution in [3.63, 3.8) is 0 Å². The Labute approximate surface area is 165 Å². The number of rotatable bonds is 6. The molecular weight excluding hydrogens is 356 g/mol.